The average Bonchev–Trinajstić information content (AvgIpc) is 3.07. The van der Waals surface area contributed by atoms with Gasteiger partial charge in [-0.2, -0.15) is 0 Å². The van der Waals surface area contributed by atoms with E-state index in [4.69, 9.17) is 21.1 Å². The number of rotatable bonds is 5. The summed E-state index contributed by atoms with van der Waals surface area (Å²) in [7, 11) is 0. The predicted octanol–water partition coefficient (Wildman–Crippen LogP) is 3.38. The third kappa shape index (κ3) is 2.90. The van der Waals surface area contributed by atoms with Gasteiger partial charge in [0.2, 0.25) is 6.79 Å². The zero-order valence-corrected chi connectivity index (χ0v) is 12.7. The molecule has 0 radical (unpaired) electrons. The van der Waals surface area contributed by atoms with E-state index >= 15 is 0 Å². The second-order valence-electron chi connectivity index (χ2n) is 4.49. The second kappa shape index (κ2) is 5.99. The Morgan fingerprint density at radius 3 is 3.05 bits per heavy atom. The molecule has 0 unspecified atom stereocenters. The number of thiazole rings is 1. The highest BCUT2D eigenvalue weighted by molar-refractivity contribution is 7.11. The first-order valence-electron chi connectivity index (χ1n) is 6.48. The summed E-state index contributed by atoms with van der Waals surface area (Å²) >= 11 is 7.90. The summed E-state index contributed by atoms with van der Waals surface area (Å²) in [6, 6.07) is 3.86. The SMILES string of the molecule is CCc1cnc(CNCc2cc(Cl)c3c(c2)OCO3)s1. The molecule has 0 fully saturated rings. The minimum atomic E-state index is 0.241. The molecular formula is C14H15ClN2O2S. The molecule has 0 bridgehead atoms. The summed E-state index contributed by atoms with van der Waals surface area (Å²) in [6.45, 7) is 3.86. The number of ether oxygens (including phenoxy) is 2. The second-order valence-corrected chi connectivity index (χ2v) is 6.10. The minimum absolute atomic E-state index is 0.241. The number of benzene rings is 1. The van der Waals surface area contributed by atoms with Gasteiger partial charge in [-0.3, -0.25) is 0 Å². The molecule has 0 atom stereocenters. The summed E-state index contributed by atoms with van der Waals surface area (Å²) in [6.07, 6.45) is 2.98. The Labute approximate surface area is 126 Å². The summed E-state index contributed by atoms with van der Waals surface area (Å²) in [4.78, 5) is 5.69. The molecule has 0 aliphatic carbocycles. The molecule has 4 nitrogen and oxygen atoms in total. The van der Waals surface area contributed by atoms with E-state index in [2.05, 4.69) is 17.2 Å². The van der Waals surface area contributed by atoms with Crippen molar-refractivity contribution in [2.24, 2.45) is 0 Å². The van der Waals surface area contributed by atoms with E-state index in [9.17, 15) is 0 Å². The van der Waals surface area contributed by atoms with Crippen LogP contribution >= 0.6 is 22.9 Å². The molecule has 0 saturated carbocycles. The molecule has 20 heavy (non-hydrogen) atoms. The largest absolute Gasteiger partial charge is 0.454 e. The van der Waals surface area contributed by atoms with Crippen molar-refractivity contribution in [2.75, 3.05) is 6.79 Å². The molecule has 0 spiro atoms. The fraction of sp³-hybridized carbons (Fsp3) is 0.357. The fourth-order valence-corrected chi connectivity index (χ4v) is 3.15. The molecular weight excluding hydrogens is 296 g/mol. The van der Waals surface area contributed by atoms with Gasteiger partial charge in [0.05, 0.1) is 5.02 Å². The number of aryl methyl sites for hydroxylation is 1. The lowest BCUT2D eigenvalue weighted by atomic mass is 10.2. The maximum absolute atomic E-state index is 6.15. The van der Waals surface area contributed by atoms with E-state index < -0.39 is 0 Å². The highest BCUT2D eigenvalue weighted by Crippen LogP contribution is 2.39. The number of halogens is 1. The number of hydrogen-bond donors (Lipinski definition) is 1. The maximum atomic E-state index is 6.15. The van der Waals surface area contributed by atoms with Crippen molar-refractivity contribution in [1.29, 1.82) is 0 Å². The van der Waals surface area contributed by atoms with E-state index in [1.165, 1.54) is 4.88 Å². The molecule has 1 N–H and O–H groups in total. The number of fused-ring (bicyclic) bond motifs is 1. The predicted molar refractivity (Wildman–Crippen MR) is 79.6 cm³/mol. The Kier molecular flexibility index (Phi) is 4.10. The van der Waals surface area contributed by atoms with Crippen LogP contribution in [0.5, 0.6) is 11.5 Å². The standard InChI is InChI=1S/C14H15ClN2O2S/c1-2-10-6-17-13(20-10)7-16-5-9-3-11(15)14-12(4-9)18-8-19-14/h3-4,6,16H,2,5,7-8H2,1H3. The van der Waals surface area contributed by atoms with Gasteiger partial charge in [0, 0.05) is 24.2 Å². The number of hydrogen-bond acceptors (Lipinski definition) is 5. The van der Waals surface area contributed by atoms with Gasteiger partial charge >= 0.3 is 0 Å². The summed E-state index contributed by atoms with van der Waals surface area (Å²) < 4.78 is 10.6. The van der Waals surface area contributed by atoms with Crippen molar-refractivity contribution in [2.45, 2.75) is 26.4 Å². The molecule has 2 aromatic rings. The van der Waals surface area contributed by atoms with Gasteiger partial charge in [0.1, 0.15) is 5.01 Å². The fourth-order valence-electron chi connectivity index (χ4n) is 2.03. The first-order valence-corrected chi connectivity index (χ1v) is 7.68. The zero-order chi connectivity index (χ0) is 13.9. The molecule has 1 aliphatic rings. The Balaban J connectivity index is 1.60. The van der Waals surface area contributed by atoms with Gasteiger partial charge in [-0.05, 0) is 24.1 Å². The van der Waals surface area contributed by atoms with Crippen molar-refractivity contribution >= 4 is 22.9 Å². The van der Waals surface area contributed by atoms with Crippen molar-refractivity contribution in [3.05, 3.63) is 38.8 Å². The van der Waals surface area contributed by atoms with Crippen LogP contribution in [0.2, 0.25) is 5.02 Å². The molecule has 106 valence electrons. The number of nitrogens with zero attached hydrogens (tertiary/aromatic N) is 1. The van der Waals surface area contributed by atoms with Crippen LogP contribution in [-0.2, 0) is 19.5 Å². The van der Waals surface area contributed by atoms with Gasteiger partial charge in [0.25, 0.3) is 0 Å². The molecule has 0 saturated heterocycles. The van der Waals surface area contributed by atoms with Crippen LogP contribution in [0.25, 0.3) is 0 Å². The third-order valence-electron chi connectivity index (χ3n) is 3.04. The lowest BCUT2D eigenvalue weighted by molar-refractivity contribution is 0.174. The molecule has 1 aliphatic heterocycles. The van der Waals surface area contributed by atoms with Gasteiger partial charge in [-0.1, -0.05) is 18.5 Å². The maximum Gasteiger partial charge on any atom is 0.231 e. The Morgan fingerprint density at radius 1 is 1.35 bits per heavy atom. The van der Waals surface area contributed by atoms with E-state index in [-0.39, 0.29) is 6.79 Å². The number of nitrogens with one attached hydrogen (secondary N) is 1. The minimum Gasteiger partial charge on any atom is -0.454 e. The van der Waals surface area contributed by atoms with E-state index in [0.717, 1.165) is 35.8 Å². The third-order valence-corrected chi connectivity index (χ3v) is 4.46. The van der Waals surface area contributed by atoms with Crippen molar-refractivity contribution in [3.63, 3.8) is 0 Å². The van der Waals surface area contributed by atoms with Crippen molar-refractivity contribution in [3.8, 4) is 11.5 Å². The van der Waals surface area contributed by atoms with E-state index in [1.54, 1.807) is 11.3 Å². The molecule has 6 heteroatoms. The van der Waals surface area contributed by atoms with Crippen LogP contribution in [0.3, 0.4) is 0 Å². The van der Waals surface area contributed by atoms with Gasteiger partial charge in [-0.15, -0.1) is 11.3 Å². The molecule has 2 heterocycles. The molecule has 3 rings (SSSR count). The van der Waals surface area contributed by atoms with Crippen molar-refractivity contribution < 1.29 is 9.47 Å². The smallest absolute Gasteiger partial charge is 0.231 e. The monoisotopic (exact) mass is 310 g/mol. The van der Waals surface area contributed by atoms with Gasteiger partial charge in [-0.25, -0.2) is 4.98 Å². The highest BCUT2D eigenvalue weighted by atomic mass is 35.5. The van der Waals surface area contributed by atoms with Crippen LogP contribution in [0.15, 0.2) is 18.3 Å². The first-order chi connectivity index (χ1) is 9.76. The number of aromatic nitrogens is 1. The summed E-state index contributed by atoms with van der Waals surface area (Å²) in [5.74, 6) is 1.36. The normalized spacial score (nSPS) is 12.9. The average molecular weight is 311 g/mol. The molecule has 1 aromatic heterocycles. The molecule has 0 amide bonds. The zero-order valence-electron chi connectivity index (χ0n) is 11.1. The lowest BCUT2D eigenvalue weighted by Crippen LogP contribution is -2.12. The summed E-state index contributed by atoms with van der Waals surface area (Å²) in [5, 5.41) is 5.07. The quantitative estimate of drug-likeness (QED) is 0.919. The van der Waals surface area contributed by atoms with E-state index in [1.807, 2.05) is 18.3 Å². The van der Waals surface area contributed by atoms with Crippen LogP contribution < -0.4 is 14.8 Å². The first kappa shape index (κ1) is 13.7. The summed E-state index contributed by atoms with van der Waals surface area (Å²) in [5.41, 5.74) is 1.08. The Morgan fingerprint density at radius 2 is 2.25 bits per heavy atom. The Hall–Kier alpha value is -1.30. The van der Waals surface area contributed by atoms with E-state index in [0.29, 0.717) is 10.8 Å². The van der Waals surface area contributed by atoms with Crippen LogP contribution in [-0.4, -0.2) is 11.8 Å². The highest BCUT2D eigenvalue weighted by Gasteiger charge is 2.18. The van der Waals surface area contributed by atoms with Gasteiger partial charge in [0.15, 0.2) is 11.5 Å². The lowest BCUT2D eigenvalue weighted by Gasteiger charge is -2.06. The Bertz CT molecular complexity index is 615. The van der Waals surface area contributed by atoms with Crippen LogP contribution in [0.1, 0.15) is 22.4 Å². The van der Waals surface area contributed by atoms with Crippen LogP contribution in [0.4, 0.5) is 0 Å². The van der Waals surface area contributed by atoms with Crippen LogP contribution in [0, 0.1) is 0 Å². The van der Waals surface area contributed by atoms with Gasteiger partial charge < -0.3 is 14.8 Å². The molecule has 1 aromatic carbocycles. The topological polar surface area (TPSA) is 43.4 Å². The van der Waals surface area contributed by atoms with Crippen molar-refractivity contribution in [1.82, 2.24) is 10.3 Å².